The van der Waals surface area contributed by atoms with Crippen molar-refractivity contribution in [3.05, 3.63) is 83.9 Å². The van der Waals surface area contributed by atoms with E-state index in [1.54, 1.807) is 47.3 Å². The van der Waals surface area contributed by atoms with E-state index < -0.39 is 11.6 Å². The molecule has 1 saturated heterocycles. The molecule has 1 fully saturated rings. The number of hydrogen-bond donors (Lipinski definition) is 1. The summed E-state index contributed by atoms with van der Waals surface area (Å²) < 4.78 is 13.2. The van der Waals surface area contributed by atoms with Crippen LogP contribution in [0.1, 0.15) is 43.7 Å². The Kier molecular flexibility index (Phi) is 7.56. The number of halogens is 1. The summed E-state index contributed by atoms with van der Waals surface area (Å²) in [5, 5.41) is 9.76. The lowest BCUT2D eigenvalue weighted by atomic mass is 9.72. The van der Waals surface area contributed by atoms with Crippen LogP contribution in [0.2, 0.25) is 0 Å². The lowest BCUT2D eigenvalue weighted by molar-refractivity contribution is -0.0462. The number of carbonyl (C=O) groups is 2. The molecule has 1 aromatic heterocycles. The third kappa shape index (κ3) is 5.55. The lowest BCUT2D eigenvalue weighted by Crippen LogP contribution is -2.67. The molecule has 1 aliphatic rings. The van der Waals surface area contributed by atoms with Gasteiger partial charge >= 0.3 is 6.09 Å². The zero-order chi connectivity index (χ0) is 27.7. The van der Waals surface area contributed by atoms with E-state index in [2.05, 4.69) is 30.7 Å². The summed E-state index contributed by atoms with van der Waals surface area (Å²) in [6.07, 6.45) is 0.742. The summed E-state index contributed by atoms with van der Waals surface area (Å²) in [5.41, 5.74) is 3.06. The van der Waals surface area contributed by atoms with E-state index in [1.807, 2.05) is 31.2 Å². The highest BCUT2D eigenvalue weighted by atomic mass is 19.1. The zero-order valence-electron chi connectivity index (χ0n) is 22.6. The molecule has 7 nitrogen and oxygen atoms in total. The van der Waals surface area contributed by atoms with Crippen molar-refractivity contribution in [2.45, 2.75) is 39.8 Å². The fraction of sp³-hybridized carbons (Fsp3) is 0.367. The Labute approximate surface area is 223 Å². The van der Waals surface area contributed by atoms with Gasteiger partial charge in [-0.3, -0.25) is 19.6 Å². The van der Waals surface area contributed by atoms with Crippen molar-refractivity contribution in [3.63, 3.8) is 0 Å². The van der Waals surface area contributed by atoms with Gasteiger partial charge in [0.2, 0.25) is 0 Å². The van der Waals surface area contributed by atoms with Gasteiger partial charge in [-0.2, -0.15) is 0 Å². The Morgan fingerprint density at radius 3 is 2.18 bits per heavy atom. The summed E-state index contributed by atoms with van der Waals surface area (Å²) >= 11 is 0. The van der Waals surface area contributed by atoms with Gasteiger partial charge < -0.3 is 10.0 Å². The standard InChI is InChI=1S/C30H35FN4O3/c1-29(2,3)30(4)20-34(16-17-35(30)28(37)38)19-21-6-13-25(14-7-21)33(5)27(36)26-15-10-23(18-32-26)22-8-11-24(31)12-9-22/h6-15,18H,16-17,19-20H2,1-5H3,(H,37,38)/t30-/m1/s1. The van der Waals surface area contributed by atoms with Gasteiger partial charge in [0, 0.05) is 50.7 Å². The molecule has 2 heterocycles. The molecule has 3 aromatic rings. The number of pyridine rings is 1. The maximum atomic E-state index is 13.2. The van der Waals surface area contributed by atoms with Crippen LogP contribution in [0.4, 0.5) is 14.9 Å². The highest BCUT2D eigenvalue weighted by Crippen LogP contribution is 2.38. The fourth-order valence-electron chi connectivity index (χ4n) is 4.88. The summed E-state index contributed by atoms with van der Waals surface area (Å²) in [6, 6.07) is 17.5. The van der Waals surface area contributed by atoms with E-state index in [4.69, 9.17) is 0 Å². The van der Waals surface area contributed by atoms with E-state index in [1.165, 1.54) is 12.1 Å². The van der Waals surface area contributed by atoms with Crippen molar-refractivity contribution < 1.29 is 19.1 Å². The first-order chi connectivity index (χ1) is 17.9. The first kappa shape index (κ1) is 27.3. The number of hydrogen-bond acceptors (Lipinski definition) is 4. The SMILES string of the molecule is CN(C(=O)c1ccc(-c2ccc(F)cc2)cn1)c1ccc(CN2CCN(C(=O)O)[C@@](C)(C(C)(C)C)C2)cc1. The molecule has 38 heavy (non-hydrogen) atoms. The summed E-state index contributed by atoms with van der Waals surface area (Å²) in [7, 11) is 1.72. The fourth-order valence-corrected chi connectivity index (χ4v) is 4.88. The number of piperazine rings is 1. The second-order valence-electron chi connectivity index (χ2n) is 11.1. The third-order valence-corrected chi connectivity index (χ3v) is 7.81. The number of aromatic nitrogens is 1. The summed E-state index contributed by atoms with van der Waals surface area (Å²) in [4.78, 5) is 34.7. The van der Waals surface area contributed by atoms with E-state index >= 15 is 0 Å². The molecule has 2 amide bonds. The van der Waals surface area contributed by atoms with Gasteiger partial charge in [-0.05, 0) is 53.8 Å². The number of rotatable bonds is 5. The summed E-state index contributed by atoms with van der Waals surface area (Å²) in [5.74, 6) is -0.528. The normalized spacial score (nSPS) is 18.3. The van der Waals surface area contributed by atoms with Gasteiger partial charge in [-0.15, -0.1) is 0 Å². The topological polar surface area (TPSA) is 77.0 Å². The average molecular weight is 519 g/mol. The van der Waals surface area contributed by atoms with Gasteiger partial charge in [0.15, 0.2) is 0 Å². The van der Waals surface area contributed by atoms with E-state index in [-0.39, 0.29) is 17.1 Å². The van der Waals surface area contributed by atoms with Crippen LogP contribution in [0.3, 0.4) is 0 Å². The second kappa shape index (κ2) is 10.5. The number of nitrogens with zero attached hydrogens (tertiary/aromatic N) is 4. The molecule has 1 N–H and O–H groups in total. The van der Waals surface area contributed by atoms with Crippen LogP contribution in [0.25, 0.3) is 11.1 Å². The number of amides is 2. The van der Waals surface area contributed by atoms with Gasteiger partial charge in [0.05, 0.1) is 5.54 Å². The second-order valence-corrected chi connectivity index (χ2v) is 11.1. The molecular weight excluding hydrogens is 483 g/mol. The first-order valence-corrected chi connectivity index (χ1v) is 12.7. The van der Waals surface area contributed by atoms with Gasteiger partial charge in [-0.1, -0.05) is 51.1 Å². The molecule has 2 aromatic carbocycles. The minimum absolute atomic E-state index is 0.220. The van der Waals surface area contributed by atoms with Crippen molar-refractivity contribution in [3.8, 4) is 11.1 Å². The molecule has 0 spiro atoms. The van der Waals surface area contributed by atoms with Crippen molar-refractivity contribution >= 4 is 17.7 Å². The minimum Gasteiger partial charge on any atom is -0.465 e. The van der Waals surface area contributed by atoms with E-state index in [0.717, 1.165) is 22.4 Å². The van der Waals surface area contributed by atoms with Crippen LogP contribution in [-0.2, 0) is 6.54 Å². The predicted octanol–water partition coefficient (Wildman–Crippen LogP) is 5.76. The molecule has 0 unspecified atom stereocenters. The Bertz CT molecular complexity index is 1290. The van der Waals surface area contributed by atoms with E-state index in [9.17, 15) is 19.1 Å². The highest BCUT2D eigenvalue weighted by Gasteiger charge is 2.48. The monoisotopic (exact) mass is 518 g/mol. The van der Waals surface area contributed by atoms with Crippen molar-refractivity contribution in [2.24, 2.45) is 5.41 Å². The molecule has 8 heteroatoms. The van der Waals surface area contributed by atoms with Crippen molar-refractivity contribution in [1.29, 1.82) is 0 Å². The van der Waals surface area contributed by atoms with Gasteiger partial charge in [0.1, 0.15) is 11.5 Å². The summed E-state index contributed by atoms with van der Waals surface area (Å²) in [6.45, 7) is 10.7. The molecule has 200 valence electrons. The van der Waals surface area contributed by atoms with Crippen molar-refractivity contribution in [2.75, 3.05) is 31.6 Å². The van der Waals surface area contributed by atoms with E-state index in [0.29, 0.717) is 31.9 Å². The molecular formula is C30H35FN4O3. The van der Waals surface area contributed by atoms with Crippen molar-refractivity contribution in [1.82, 2.24) is 14.8 Å². The largest absolute Gasteiger partial charge is 0.465 e. The number of carbonyl (C=O) groups excluding carboxylic acids is 1. The molecule has 1 atom stereocenters. The smallest absolute Gasteiger partial charge is 0.407 e. The molecule has 0 aliphatic carbocycles. The van der Waals surface area contributed by atoms with Crippen LogP contribution in [0.5, 0.6) is 0 Å². The maximum absolute atomic E-state index is 13.2. The first-order valence-electron chi connectivity index (χ1n) is 12.7. The molecule has 0 bridgehead atoms. The maximum Gasteiger partial charge on any atom is 0.407 e. The zero-order valence-corrected chi connectivity index (χ0v) is 22.6. The molecule has 0 radical (unpaired) electrons. The van der Waals surface area contributed by atoms with Gasteiger partial charge in [-0.25, -0.2) is 9.18 Å². The Morgan fingerprint density at radius 1 is 1.00 bits per heavy atom. The van der Waals surface area contributed by atoms with Crippen LogP contribution in [0, 0.1) is 11.2 Å². The molecule has 1 aliphatic heterocycles. The van der Waals surface area contributed by atoms with Crippen LogP contribution in [-0.4, -0.2) is 64.1 Å². The lowest BCUT2D eigenvalue weighted by Gasteiger charge is -2.54. The van der Waals surface area contributed by atoms with Gasteiger partial charge in [0.25, 0.3) is 5.91 Å². The third-order valence-electron chi connectivity index (χ3n) is 7.81. The minimum atomic E-state index is -0.876. The quantitative estimate of drug-likeness (QED) is 0.464. The van der Waals surface area contributed by atoms with Crippen LogP contribution in [0.15, 0.2) is 66.9 Å². The Hall–Kier alpha value is -3.78. The number of anilines is 1. The Morgan fingerprint density at radius 2 is 1.63 bits per heavy atom. The number of benzene rings is 2. The molecule has 4 rings (SSSR count). The molecule has 0 saturated carbocycles. The van der Waals surface area contributed by atoms with Crippen LogP contribution >= 0.6 is 0 Å². The highest BCUT2D eigenvalue weighted by molar-refractivity contribution is 6.04. The average Bonchev–Trinajstić information content (AvgIpc) is 2.88. The Balaban J connectivity index is 1.41. The number of carboxylic acid groups (broad SMARTS) is 1. The van der Waals surface area contributed by atoms with Crippen LogP contribution < -0.4 is 4.90 Å². The predicted molar refractivity (Wildman–Crippen MR) is 147 cm³/mol.